The highest BCUT2D eigenvalue weighted by molar-refractivity contribution is 7.80. The van der Waals surface area contributed by atoms with Crippen molar-refractivity contribution in [1.82, 2.24) is 4.98 Å². The van der Waals surface area contributed by atoms with Gasteiger partial charge in [-0.1, -0.05) is 6.07 Å². The van der Waals surface area contributed by atoms with Crippen molar-refractivity contribution < 1.29 is 23.4 Å². The van der Waals surface area contributed by atoms with Crippen LogP contribution in [-0.4, -0.2) is 27.1 Å². The average Bonchev–Trinajstić information content (AvgIpc) is 2.27. The summed E-state index contributed by atoms with van der Waals surface area (Å²) in [6.07, 6.45) is -5.67. The topological polar surface area (TPSA) is 53.4 Å². The van der Waals surface area contributed by atoms with Gasteiger partial charge >= 0.3 is 6.18 Å². The zero-order valence-electron chi connectivity index (χ0n) is 8.72. The molecule has 0 radical (unpaired) electrons. The number of hydrogen-bond acceptors (Lipinski definition) is 4. The van der Waals surface area contributed by atoms with E-state index in [9.17, 15) is 23.4 Å². The third kappa shape index (κ3) is 3.86. The fourth-order valence-corrected chi connectivity index (χ4v) is 1.52. The lowest BCUT2D eigenvalue weighted by molar-refractivity contribution is -0.141. The first-order valence-corrected chi connectivity index (χ1v) is 5.49. The van der Waals surface area contributed by atoms with Crippen LogP contribution in [0.5, 0.6) is 0 Å². The number of halogens is 3. The fraction of sp³-hybridized carbons (Fsp3) is 0.500. The van der Waals surface area contributed by atoms with Gasteiger partial charge in [0.25, 0.3) is 0 Å². The first-order valence-electron chi connectivity index (χ1n) is 4.86. The molecule has 0 saturated carbocycles. The maximum Gasteiger partial charge on any atom is 0.433 e. The van der Waals surface area contributed by atoms with Crippen LogP contribution in [0.15, 0.2) is 18.3 Å². The number of rotatable bonds is 4. The standard InChI is InChI=1S/C10H12F3NO2S/c11-10(12,13)8-2-1-6(5-14-8)9(16)7(15)3-4-17/h1-2,5,7,9,15-17H,3-4H2. The van der Waals surface area contributed by atoms with Gasteiger partial charge in [0.15, 0.2) is 0 Å². The molecular weight excluding hydrogens is 255 g/mol. The Kier molecular flexibility index (Phi) is 4.79. The van der Waals surface area contributed by atoms with Gasteiger partial charge in [0.2, 0.25) is 0 Å². The molecule has 0 aliphatic heterocycles. The Hall–Kier alpha value is -0.790. The Morgan fingerprint density at radius 3 is 2.35 bits per heavy atom. The third-order valence-corrected chi connectivity index (χ3v) is 2.47. The number of aromatic nitrogens is 1. The molecule has 1 aromatic rings. The third-order valence-electron chi connectivity index (χ3n) is 2.21. The van der Waals surface area contributed by atoms with Crippen LogP contribution in [0.25, 0.3) is 0 Å². The van der Waals surface area contributed by atoms with Crippen molar-refractivity contribution in [3.05, 3.63) is 29.6 Å². The quantitative estimate of drug-likeness (QED) is 0.729. The second-order valence-corrected chi connectivity index (χ2v) is 3.95. The zero-order valence-corrected chi connectivity index (χ0v) is 9.62. The molecule has 1 rings (SSSR count). The van der Waals surface area contributed by atoms with E-state index in [1.807, 2.05) is 0 Å². The Bertz CT molecular complexity index is 356. The lowest BCUT2D eigenvalue weighted by Crippen LogP contribution is -2.19. The van der Waals surface area contributed by atoms with Crippen molar-refractivity contribution in [2.45, 2.75) is 24.8 Å². The van der Waals surface area contributed by atoms with Crippen molar-refractivity contribution in [3.8, 4) is 0 Å². The van der Waals surface area contributed by atoms with Crippen molar-refractivity contribution in [2.24, 2.45) is 0 Å². The van der Waals surface area contributed by atoms with Crippen molar-refractivity contribution in [1.29, 1.82) is 0 Å². The van der Waals surface area contributed by atoms with E-state index in [0.29, 0.717) is 5.75 Å². The number of thiol groups is 1. The summed E-state index contributed by atoms with van der Waals surface area (Å²) in [5.41, 5.74) is -0.885. The summed E-state index contributed by atoms with van der Waals surface area (Å²) < 4.78 is 36.6. The predicted octanol–water partition coefficient (Wildman–Crippen LogP) is 1.81. The second kappa shape index (κ2) is 5.70. The van der Waals surface area contributed by atoms with Gasteiger partial charge in [0.05, 0.1) is 6.10 Å². The first kappa shape index (κ1) is 14.3. The monoisotopic (exact) mass is 267 g/mol. The normalized spacial score (nSPS) is 15.6. The molecule has 3 nitrogen and oxygen atoms in total. The van der Waals surface area contributed by atoms with Crippen molar-refractivity contribution in [3.63, 3.8) is 0 Å². The molecule has 2 unspecified atom stereocenters. The van der Waals surface area contributed by atoms with Gasteiger partial charge in [0.1, 0.15) is 11.8 Å². The SMILES string of the molecule is OC(CCS)C(O)c1ccc(C(F)(F)F)nc1. The molecule has 1 heterocycles. The summed E-state index contributed by atoms with van der Waals surface area (Å²) in [6.45, 7) is 0. The summed E-state index contributed by atoms with van der Waals surface area (Å²) in [6, 6.07) is 1.87. The van der Waals surface area contributed by atoms with E-state index in [4.69, 9.17) is 0 Å². The van der Waals surface area contributed by atoms with E-state index in [1.54, 1.807) is 0 Å². The molecule has 0 saturated heterocycles. The molecule has 0 aliphatic rings. The zero-order chi connectivity index (χ0) is 13.1. The summed E-state index contributed by atoms with van der Waals surface area (Å²) in [7, 11) is 0. The molecule has 0 amide bonds. The van der Waals surface area contributed by atoms with Crippen LogP contribution in [0, 0.1) is 0 Å². The van der Waals surface area contributed by atoms with Gasteiger partial charge in [-0.15, -0.1) is 0 Å². The molecule has 2 N–H and O–H groups in total. The predicted molar refractivity (Wildman–Crippen MR) is 58.7 cm³/mol. The molecule has 7 heteroatoms. The maximum atomic E-state index is 12.2. The summed E-state index contributed by atoms with van der Waals surface area (Å²) in [5.74, 6) is 0.367. The van der Waals surface area contributed by atoms with Crippen molar-refractivity contribution in [2.75, 3.05) is 5.75 Å². The summed E-state index contributed by atoms with van der Waals surface area (Å²) in [5, 5.41) is 19.1. The van der Waals surface area contributed by atoms with Crippen LogP contribution in [-0.2, 0) is 6.18 Å². The molecule has 0 bridgehead atoms. The second-order valence-electron chi connectivity index (χ2n) is 3.50. The number of aliphatic hydroxyl groups is 2. The van der Waals surface area contributed by atoms with E-state index in [1.165, 1.54) is 0 Å². The highest BCUT2D eigenvalue weighted by Crippen LogP contribution is 2.28. The van der Waals surface area contributed by atoms with E-state index in [-0.39, 0.29) is 12.0 Å². The molecule has 96 valence electrons. The minimum Gasteiger partial charge on any atom is -0.390 e. The van der Waals surface area contributed by atoms with Gasteiger partial charge < -0.3 is 10.2 Å². The highest BCUT2D eigenvalue weighted by atomic mass is 32.1. The fourth-order valence-electron chi connectivity index (χ4n) is 1.26. The molecule has 0 aliphatic carbocycles. The Balaban J connectivity index is 2.80. The van der Waals surface area contributed by atoms with Gasteiger partial charge in [0, 0.05) is 11.8 Å². The Labute approximate surface area is 102 Å². The van der Waals surface area contributed by atoms with Crippen LogP contribution in [0.3, 0.4) is 0 Å². The average molecular weight is 267 g/mol. The maximum absolute atomic E-state index is 12.2. The minimum atomic E-state index is -4.51. The summed E-state index contributed by atoms with van der Waals surface area (Å²) in [4.78, 5) is 3.20. The lowest BCUT2D eigenvalue weighted by Gasteiger charge is -2.17. The van der Waals surface area contributed by atoms with E-state index < -0.39 is 24.1 Å². The first-order chi connectivity index (χ1) is 7.86. The number of hydrogen-bond donors (Lipinski definition) is 3. The van der Waals surface area contributed by atoms with E-state index >= 15 is 0 Å². The summed E-state index contributed by atoms with van der Waals surface area (Å²) >= 11 is 3.89. The van der Waals surface area contributed by atoms with Crippen molar-refractivity contribution >= 4 is 12.6 Å². The largest absolute Gasteiger partial charge is 0.433 e. The number of aliphatic hydroxyl groups excluding tert-OH is 2. The molecule has 17 heavy (non-hydrogen) atoms. The Morgan fingerprint density at radius 2 is 1.94 bits per heavy atom. The van der Waals surface area contributed by atoms with Gasteiger partial charge in [-0.3, -0.25) is 4.98 Å². The van der Waals surface area contributed by atoms with Crippen LogP contribution in [0.1, 0.15) is 23.8 Å². The lowest BCUT2D eigenvalue weighted by atomic mass is 10.0. The van der Waals surface area contributed by atoms with E-state index in [2.05, 4.69) is 17.6 Å². The highest BCUT2D eigenvalue weighted by Gasteiger charge is 2.32. The van der Waals surface area contributed by atoms with Crippen LogP contribution >= 0.6 is 12.6 Å². The minimum absolute atomic E-state index is 0.146. The van der Waals surface area contributed by atoms with E-state index in [0.717, 1.165) is 18.3 Å². The molecule has 1 aromatic heterocycles. The van der Waals surface area contributed by atoms with Gasteiger partial charge in [-0.25, -0.2) is 0 Å². The number of nitrogens with zero attached hydrogens (tertiary/aromatic N) is 1. The molecule has 0 fully saturated rings. The van der Waals surface area contributed by atoms with Crippen LogP contribution in [0.2, 0.25) is 0 Å². The number of pyridine rings is 1. The molecule has 2 atom stereocenters. The molecular formula is C10H12F3NO2S. The molecule has 0 aromatic carbocycles. The van der Waals surface area contributed by atoms with Gasteiger partial charge in [-0.05, 0) is 18.2 Å². The Morgan fingerprint density at radius 1 is 1.29 bits per heavy atom. The van der Waals surface area contributed by atoms with Crippen LogP contribution in [0.4, 0.5) is 13.2 Å². The van der Waals surface area contributed by atoms with Gasteiger partial charge in [-0.2, -0.15) is 25.8 Å². The molecule has 0 spiro atoms. The van der Waals surface area contributed by atoms with Crippen LogP contribution < -0.4 is 0 Å². The number of alkyl halides is 3. The smallest absolute Gasteiger partial charge is 0.390 e.